The van der Waals surface area contributed by atoms with Gasteiger partial charge in [0.25, 0.3) is 0 Å². The summed E-state index contributed by atoms with van der Waals surface area (Å²) in [6.07, 6.45) is 0. The molecule has 0 fully saturated rings. The Hall–Kier alpha value is -2.45. The maximum absolute atomic E-state index is 12.3. The first-order valence-corrected chi connectivity index (χ1v) is 9.19. The van der Waals surface area contributed by atoms with Crippen LogP contribution in [0.1, 0.15) is 39.0 Å². The maximum Gasteiger partial charge on any atom is 0.338 e. The fourth-order valence-electron chi connectivity index (χ4n) is 2.64. The third kappa shape index (κ3) is 4.15. The van der Waals surface area contributed by atoms with Crippen LogP contribution in [0.3, 0.4) is 0 Å². The minimum absolute atomic E-state index is 0.105. The van der Waals surface area contributed by atoms with Crippen molar-refractivity contribution in [1.29, 1.82) is 0 Å². The van der Waals surface area contributed by atoms with Gasteiger partial charge >= 0.3 is 5.97 Å². The van der Waals surface area contributed by atoms with Crippen LogP contribution in [0, 0.1) is 13.8 Å². The van der Waals surface area contributed by atoms with Crippen molar-refractivity contribution in [3.05, 3.63) is 52.8 Å². The number of benzene rings is 1. The van der Waals surface area contributed by atoms with Crippen molar-refractivity contribution in [2.45, 2.75) is 32.2 Å². The molecule has 0 spiro atoms. The Morgan fingerprint density at radius 1 is 1.16 bits per heavy atom. The van der Waals surface area contributed by atoms with Crippen molar-refractivity contribution in [2.75, 3.05) is 6.61 Å². The molecule has 8 heteroatoms. The fraction of sp³-hybridized carbons (Fsp3) is 0.294. The Kier molecular flexibility index (Phi) is 5.44. The second-order valence-corrected chi connectivity index (χ2v) is 7.16. The number of hydrogen-bond donors (Lipinski definition) is 1. The predicted molar refractivity (Wildman–Crippen MR) is 92.0 cm³/mol. The van der Waals surface area contributed by atoms with Gasteiger partial charge in [-0.1, -0.05) is 0 Å². The Labute approximate surface area is 146 Å². The Morgan fingerprint density at radius 2 is 1.76 bits per heavy atom. The number of nitrogens with two attached hydrogens (primary N) is 1. The molecule has 0 radical (unpaired) electrons. The highest BCUT2D eigenvalue weighted by molar-refractivity contribution is 7.89. The van der Waals surface area contributed by atoms with Gasteiger partial charge in [0, 0.05) is 23.5 Å². The number of ether oxygens (including phenoxy) is 1. The topological polar surface area (TPSA) is 108 Å². The number of carbonyl (C=O) groups is 2. The van der Waals surface area contributed by atoms with Crippen molar-refractivity contribution in [1.82, 2.24) is 4.57 Å². The molecule has 0 atom stereocenters. The van der Waals surface area contributed by atoms with Gasteiger partial charge in [-0.15, -0.1) is 0 Å². The zero-order valence-corrected chi connectivity index (χ0v) is 15.1. The number of rotatable bonds is 6. The van der Waals surface area contributed by atoms with Crippen LogP contribution < -0.4 is 5.14 Å². The van der Waals surface area contributed by atoms with E-state index < -0.39 is 16.0 Å². The number of esters is 1. The lowest BCUT2D eigenvalue weighted by atomic mass is 10.1. The van der Waals surface area contributed by atoms with Gasteiger partial charge in [0.1, 0.15) is 0 Å². The molecule has 0 saturated heterocycles. The number of aromatic nitrogens is 1. The molecular weight excluding hydrogens is 344 g/mol. The molecular formula is C17H20N2O5S. The number of aryl methyl sites for hydroxylation is 1. The van der Waals surface area contributed by atoms with Crippen LogP contribution in [0.25, 0.3) is 0 Å². The van der Waals surface area contributed by atoms with E-state index in [2.05, 4.69) is 0 Å². The quantitative estimate of drug-likeness (QED) is 0.621. The lowest BCUT2D eigenvalue weighted by molar-refractivity contribution is 0.0474. The number of carbonyl (C=O) groups excluding carboxylic acids is 2. The van der Waals surface area contributed by atoms with Gasteiger partial charge < -0.3 is 9.30 Å². The van der Waals surface area contributed by atoms with Crippen molar-refractivity contribution in [3.8, 4) is 0 Å². The largest absolute Gasteiger partial charge is 0.454 e. The van der Waals surface area contributed by atoms with E-state index in [1.807, 2.05) is 25.3 Å². The van der Waals surface area contributed by atoms with Crippen LogP contribution in [0.2, 0.25) is 0 Å². The molecule has 2 N–H and O–H groups in total. The summed E-state index contributed by atoms with van der Waals surface area (Å²) in [5.41, 5.74) is 2.46. The zero-order valence-electron chi connectivity index (χ0n) is 14.3. The molecule has 25 heavy (non-hydrogen) atoms. The van der Waals surface area contributed by atoms with Gasteiger partial charge in [-0.3, -0.25) is 4.79 Å². The van der Waals surface area contributed by atoms with Crippen molar-refractivity contribution in [3.63, 3.8) is 0 Å². The van der Waals surface area contributed by atoms with Gasteiger partial charge in [-0.25, -0.2) is 18.4 Å². The van der Waals surface area contributed by atoms with E-state index in [1.165, 1.54) is 24.3 Å². The molecule has 2 rings (SSSR count). The Balaban J connectivity index is 2.06. The van der Waals surface area contributed by atoms with E-state index in [9.17, 15) is 18.0 Å². The van der Waals surface area contributed by atoms with Crippen LogP contribution in [-0.2, 0) is 21.3 Å². The van der Waals surface area contributed by atoms with Crippen LogP contribution >= 0.6 is 0 Å². The first kappa shape index (κ1) is 18.9. The number of sulfonamides is 1. The second-order valence-electron chi connectivity index (χ2n) is 5.60. The molecule has 0 amide bonds. The van der Waals surface area contributed by atoms with Crippen LogP contribution in [0.5, 0.6) is 0 Å². The molecule has 1 aromatic carbocycles. The molecule has 0 aliphatic carbocycles. The normalized spacial score (nSPS) is 11.4. The van der Waals surface area contributed by atoms with E-state index in [-0.39, 0.29) is 22.8 Å². The smallest absolute Gasteiger partial charge is 0.338 e. The highest BCUT2D eigenvalue weighted by Crippen LogP contribution is 2.16. The molecule has 1 aromatic heterocycles. The monoisotopic (exact) mass is 364 g/mol. The van der Waals surface area contributed by atoms with E-state index >= 15 is 0 Å². The number of hydrogen-bond acceptors (Lipinski definition) is 5. The minimum Gasteiger partial charge on any atom is -0.454 e. The number of ketones is 1. The zero-order chi connectivity index (χ0) is 18.8. The van der Waals surface area contributed by atoms with Crippen LogP contribution in [0.15, 0.2) is 35.2 Å². The van der Waals surface area contributed by atoms with E-state index in [4.69, 9.17) is 9.88 Å². The lowest BCUT2D eigenvalue weighted by Crippen LogP contribution is -2.16. The lowest BCUT2D eigenvalue weighted by Gasteiger charge is -2.07. The van der Waals surface area contributed by atoms with Crippen molar-refractivity contribution < 1.29 is 22.7 Å². The summed E-state index contributed by atoms with van der Waals surface area (Å²) in [7, 11) is -3.82. The minimum atomic E-state index is -3.82. The second kappa shape index (κ2) is 7.20. The van der Waals surface area contributed by atoms with Gasteiger partial charge in [0.15, 0.2) is 6.61 Å². The average Bonchev–Trinajstić information content (AvgIpc) is 2.85. The van der Waals surface area contributed by atoms with Crippen LogP contribution in [0.4, 0.5) is 0 Å². The summed E-state index contributed by atoms with van der Waals surface area (Å²) < 4.78 is 29.4. The number of primary sulfonamides is 1. The van der Waals surface area contributed by atoms with E-state index in [0.29, 0.717) is 5.56 Å². The predicted octanol–water partition coefficient (Wildman–Crippen LogP) is 1.81. The summed E-state index contributed by atoms with van der Waals surface area (Å²) in [6, 6.07) is 6.77. The van der Waals surface area contributed by atoms with Crippen LogP contribution in [-0.4, -0.2) is 31.3 Å². The Morgan fingerprint density at radius 3 is 2.24 bits per heavy atom. The highest BCUT2D eigenvalue weighted by atomic mass is 32.2. The molecule has 0 aliphatic rings. The summed E-state index contributed by atoms with van der Waals surface area (Å²) in [5.74, 6) is -0.999. The molecule has 134 valence electrons. The summed E-state index contributed by atoms with van der Waals surface area (Å²) >= 11 is 0. The molecule has 0 bridgehead atoms. The third-order valence-corrected chi connectivity index (χ3v) is 4.87. The van der Waals surface area contributed by atoms with E-state index in [0.717, 1.165) is 17.9 Å². The standard InChI is InChI=1S/C17H20N2O5S/c1-4-19-11(2)9-15(12(19)3)16(20)10-24-17(21)13-5-7-14(8-6-13)25(18,22)23/h5-9H,4,10H2,1-3H3,(H2,18,22,23). The SMILES string of the molecule is CCn1c(C)cc(C(=O)COC(=O)c2ccc(S(N)(=O)=O)cc2)c1C. The third-order valence-electron chi connectivity index (χ3n) is 3.94. The first-order chi connectivity index (χ1) is 11.6. The van der Waals surface area contributed by atoms with Gasteiger partial charge in [-0.05, 0) is 51.1 Å². The fourth-order valence-corrected chi connectivity index (χ4v) is 3.16. The average molecular weight is 364 g/mol. The van der Waals surface area contributed by atoms with Gasteiger partial charge in [0.2, 0.25) is 15.8 Å². The van der Waals surface area contributed by atoms with Gasteiger partial charge in [0.05, 0.1) is 10.5 Å². The molecule has 1 heterocycles. The summed E-state index contributed by atoms with van der Waals surface area (Å²) in [6.45, 7) is 6.11. The van der Waals surface area contributed by atoms with E-state index in [1.54, 1.807) is 6.07 Å². The maximum atomic E-state index is 12.3. The van der Waals surface area contributed by atoms with Crippen molar-refractivity contribution >= 4 is 21.8 Å². The molecule has 2 aromatic rings. The summed E-state index contributed by atoms with van der Waals surface area (Å²) in [4.78, 5) is 24.2. The number of nitrogens with zero attached hydrogens (tertiary/aromatic N) is 1. The summed E-state index contributed by atoms with van der Waals surface area (Å²) in [5, 5.41) is 4.99. The molecule has 0 unspecified atom stereocenters. The molecule has 0 aliphatic heterocycles. The molecule has 7 nitrogen and oxygen atoms in total. The number of Topliss-reactive ketones (excluding diaryl/α,β-unsaturated/α-hetero) is 1. The highest BCUT2D eigenvalue weighted by Gasteiger charge is 2.17. The molecule has 0 saturated carbocycles. The van der Waals surface area contributed by atoms with Gasteiger partial charge in [-0.2, -0.15) is 0 Å². The first-order valence-electron chi connectivity index (χ1n) is 7.65. The Bertz CT molecular complexity index is 911. The van der Waals surface area contributed by atoms with Crippen molar-refractivity contribution in [2.24, 2.45) is 5.14 Å².